The molecule has 0 N–H and O–H groups in total. The van der Waals surface area contributed by atoms with Crippen LogP contribution in [-0.4, -0.2) is 154 Å². The summed E-state index contributed by atoms with van der Waals surface area (Å²) in [6, 6.07) is 55.3. The van der Waals surface area contributed by atoms with E-state index < -0.39 is 0 Å². The second-order valence-corrected chi connectivity index (χ2v) is 24.0. The van der Waals surface area contributed by atoms with Crippen LogP contribution in [0.2, 0.25) is 10.0 Å². The van der Waals surface area contributed by atoms with Crippen molar-refractivity contribution in [2.45, 2.75) is 26.2 Å². The molecule has 10 aromatic rings. The maximum Gasteiger partial charge on any atom is 0.269 e. The SMILES string of the molecule is Cl.Cl.Clc1cccc(N2CCN(Cc3nc4cc5ccccc5cc4nc3CN3CCN(c4cccc(Cl)c4)CC3)CC2)c1.O=[N+]([O-])c1ccc(N2CCN(Cc3nc4cc5ccccc5cc4nc3CN3CCN(c4ccc([N+](=O)[O-])cc4)CC3)CC2)cc1. The topological polar surface area (TPSA) is 164 Å². The number of piperazine rings is 4. The van der Waals surface area contributed by atoms with Crippen LogP contribution in [0.3, 0.4) is 0 Å². The number of hydrogen-bond donors (Lipinski definition) is 0. The molecule has 90 heavy (non-hydrogen) atoms. The van der Waals surface area contributed by atoms with Crippen molar-refractivity contribution in [2.75, 3.05) is 124 Å². The van der Waals surface area contributed by atoms with Crippen molar-refractivity contribution in [3.8, 4) is 0 Å². The third-order valence-corrected chi connectivity index (χ3v) is 18.0. The number of nitrogens with zero attached hydrogens (tertiary/aromatic N) is 14. The average Bonchev–Trinajstić information content (AvgIpc) is 1.03. The molecule has 0 spiro atoms. The summed E-state index contributed by atoms with van der Waals surface area (Å²) in [7, 11) is 0. The molecule has 2 aromatic heterocycles. The summed E-state index contributed by atoms with van der Waals surface area (Å²) in [5.74, 6) is 0. The molecule has 4 saturated heterocycles. The second-order valence-electron chi connectivity index (χ2n) is 23.2. The summed E-state index contributed by atoms with van der Waals surface area (Å²) >= 11 is 12.5. The van der Waals surface area contributed by atoms with Gasteiger partial charge in [0.2, 0.25) is 0 Å². The number of non-ortho nitro benzene ring substituents is 2. The van der Waals surface area contributed by atoms with Gasteiger partial charge in [-0.25, -0.2) is 19.9 Å². The fourth-order valence-electron chi connectivity index (χ4n) is 12.6. The molecular formula is C68H70Cl4N14O4. The van der Waals surface area contributed by atoms with Gasteiger partial charge in [-0.1, -0.05) is 83.9 Å². The Hall–Kier alpha value is -8.04. The number of aromatic nitrogens is 4. The number of hydrogen-bond acceptors (Lipinski definition) is 16. The van der Waals surface area contributed by atoms with Crippen molar-refractivity contribution >= 4 is 126 Å². The lowest BCUT2D eigenvalue weighted by atomic mass is 10.1. The summed E-state index contributed by atoms with van der Waals surface area (Å²) in [5.41, 5.74) is 12.5. The first-order valence-electron chi connectivity index (χ1n) is 30.2. The van der Waals surface area contributed by atoms with E-state index >= 15 is 0 Å². The molecule has 6 heterocycles. The molecule has 18 nitrogen and oxygen atoms in total. The van der Waals surface area contributed by atoms with Gasteiger partial charge in [0.05, 0.1) is 54.7 Å². The standard InChI is InChI=1S/C34H34Cl2N6.C34H34N8O4.2ClH/c35-27-7-3-9-29(21-27)41-15-11-39(12-16-41)23-33-34(38-32-20-26-6-2-1-5-25(26)19-31(32)37-33)24-40-13-17-42(18-14-40)30-10-4-8-28(36)22-30;43-41(44)29-9-5-27(6-10-29)39-17-13-37(14-18-39)23-33-34(36-32-22-26-4-2-1-3-25(26)21-31(32)35-33)24-38-15-19-40(20-16-38)28-7-11-30(12-8-28)42(45)46;;/h1-10,19-22H,11-18,23-24H2;1-12,21-22H,13-20,23-24H2;2*1H. The summed E-state index contributed by atoms with van der Waals surface area (Å²) in [5, 5.41) is 28.4. The molecule has 0 radical (unpaired) electrons. The average molecular weight is 1290 g/mol. The van der Waals surface area contributed by atoms with Crippen molar-refractivity contribution in [1.82, 2.24) is 39.5 Å². The highest BCUT2D eigenvalue weighted by atomic mass is 35.5. The maximum atomic E-state index is 11.1. The van der Waals surface area contributed by atoms with Crippen LogP contribution in [0.15, 0.2) is 170 Å². The van der Waals surface area contributed by atoms with E-state index in [0.717, 1.165) is 195 Å². The molecule has 0 unspecified atom stereocenters. The molecule has 0 saturated carbocycles. The van der Waals surface area contributed by atoms with E-state index in [9.17, 15) is 20.2 Å². The first kappa shape index (κ1) is 63.5. The van der Waals surface area contributed by atoms with Gasteiger partial charge >= 0.3 is 0 Å². The minimum absolute atomic E-state index is 0. The van der Waals surface area contributed by atoms with Crippen LogP contribution in [0.4, 0.5) is 34.1 Å². The number of fused-ring (bicyclic) bond motifs is 4. The summed E-state index contributed by atoms with van der Waals surface area (Å²) in [4.78, 5) is 61.5. The molecular weight excluding hydrogens is 1220 g/mol. The number of anilines is 4. The third-order valence-electron chi connectivity index (χ3n) is 17.6. The van der Waals surface area contributed by atoms with Gasteiger partial charge in [-0.15, -0.1) is 24.8 Å². The number of rotatable bonds is 14. The first-order chi connectivity index (χ1) is 43.0. The van der Waals surface area contributed by atoms with Gasteiger partial charge in [0.25, 0.3) is 11.4 Å². The Morgan fingerprint density at radius 3 is 0.822 bits per heavy atom. The number of halogens is 4. The largest absolute Gasteiger partial charge is 0.369 e. The molecule has 0 atom stereocenters. The fourth-order valence-corrected chi connectivity index (χ4v) is 12.9. The first-order valence-corrected chi connectivity index (χ1v) is 31.0. The van der Waals surface area contributed by atoms with Gasteiger partial charge in [0, 0.05) is 188 Å². The smallest absolute Gasteiger partial charge is 0.269 e. The van der Waals surface area contributed by atoms with Crippen molar-refractivity contribution in [3.63, 3.8) is 0 Å². The molecule has 464 valence electrons. The molecule has 4 aliphatic rings. The molecule has 8 aromatic carbocycles. The number of nitro groups is 2. The van der Waals surface area contributed by atoms with Crippen LogP contribution >= 0.6 is 48.0 Å². The van der Waals surface area contributed by atoms with Crippen LogP contribution in [0.5, 0.6) is 0 Å². The Morgan fingerprint density at radius 2 is 0.578 bits per heavy atom. The Bertz CT molecular complexity index is 3880. The Kier molecular flexibility index (Phi) is 20.4. The summed E-state index contributed by atoms with van der Waals surface area (Å²) in [6.45, 7) is 17.4. The molecule has 4 fully saturated rings. The quantitative estimate of drug-likeness (QED) is 0.0573. The molecule has 22 heteroatoms. The van der Waals surface area contributed by atoms with Crippen molar-refractivity contribution in [1.29, 1.82) is 0 Å². The van der Waals surface area contributed by atoms with E-state index in [2.05, 4.69) is 124 Å². The maximum absolute atomic E-state index is 11.1. The van der Waals surface area contributed by atoms with Gasteiger partial charge in [0.15, 0.2) is 0 Å². The predicted molar refractivity (Wildman–Crippen MR) is 368 cm³/mol. The minimum Gasteiger partial charge on any atom is -0.369 e. The van der Waals surface area contributed by atoms with Gasteiger partial charge in [-0.2, -0.15) is 0 Å². The molecule has 0 amide bonds. The number of nitro benzene ring substituents is 2. The second kappa shape index (κ2) is 28.8. The fraction of sp³-hybridized carbons (Fsp3) is 0.294. The van der Waals surface area contributed by atoms with Gasteiger partial charge < -0.3 is 19.6 Å². The third kappa shape index (κ3) is 15.1. The van der Waals surface area contributed by atoms with Crippen LogP contribution < -0.4 is 19.6 Å². The highest BCUT2D eigenvalue weighted by Gasteiger charge is 2.27. The molecule has 14 rings (SSSR count). The lowest BCUT2D eigenvalue weighted by Crippen LogP contribution is -2.47. The van der Waals surface area contributed by atoms with Crippen molar-refractivity contribution in [2.24, 2.45) is 0 Å². The summed E-state index contributed by atoms with van der Waals surface area (Å²) < 4.78 is 0. The monoisotopic (exact) mass is 1290 g/mol. The predicted octanol–water partition coefficient (Wildman–Crippen LogP) is 12.8. The van der Waals surface area contributed by atoms with Crippen LogP contribution in [-0.2, 0) is 26.2 Å². The van der Waals surface area contributed by atoms with E-state index in [-0.39, 0.29) is 46.0 Å². The van der Waals surface area contributed by atoms with Crippen LogP contribution in [0, 0.1) is 20.2 Å². The molecule has 0 bridgehead atoms. The van der Waals surface area contributed by atoms with Gasteiger partial charge in [0.1, 0.15) is 0 Å². The zero-order valence-corrected chi connectivity index (χ0v) is 52.9. The number of benzene rings is 8. The van der Waals surface area contributed by atoms with E-state index in [1.54, 1.807) is 24.3 Å². The Labute approximate surface area is 545 Å². The normalized spacial score (nSPS) is 16.2. The van der Waals surface area contributed by atoms with Gasteiger partial charge in [-0.3, -0.25) is 39.8 Å². The van der Waals surface area contributed by atoms with E-state index in [1.165, 1.54) is 22.1 Å². The van der Waals surface area contributed by atoms with E-state index in [4.69, 9.17) is 43.1 Å². The summed E-state index contributed by atoms with van der Waals surface area (Å²) in [6.07, 6.45) is 0. The van der Waals surface area contributed by atoms with E-state index in [0.29, 0.717) is 13.1 Å². The van der Waals surface area contributed by atoms with Gasteiger partial charge in [-0.05, 0) is 106 Å². The molecule has 4 aliphatic heterocycles. The zero-order valence-electron chi connectivity index (χ0n) is 49.8. The lowest BCUT2D eigenvalue weighted by Gasteiger charge is -2.37. The van der Waals surface area contributed by atoms with Crippen LogP contribution in [0.25, 0.3) is 43.6 Å². The Morgan fingerprint density at radius 1 is 0.322 bits per heavy atom. The zero-order chi connectivity index (χ0) is 60.1. The lowest BCUT2D eigenvalue weighted by molar-refractivity contribution is -0.385. The molecule has 0 aliphatic carbocycles. The highest BCUT2D eigenvalue weighted by Crippen LogP contribution is 2.30. The Balaban J connectivity index is 0.000000182. The van der Waals surface area contributed by atoms with E-state index in [1.807, 2.05) is 60.7 Å². The highest BCUT2D eigenvalue weighted by molar-refractivity contribution is 6.31. The van der Waals surface area contributed by atoms with Crippen molar-refractivity contribution in [3.05, 3.63) is 223 Å². The van der Waals surface area contributed by atoms with Crippen LogP contribution in [0.1, 0.15) is 22.8 Å². The van der Waals surface area contributed by atoms with Crippen molar-refractivity contribution < 1.29 is 9.85 Å². The minimum atomic E-state index is -0.369.